The minimum Gasteiger partial charge on any atom is -0.316 e. The molecule has 0 saturated carbocycles. The van der Waals surface area contributed by atoms with Gasteiger partial charge in [0.05, 0.1) is 0 Å². The zero-order valence-electron chi connectivity index (χ0n) is 6.60. The van der Waals surface area contributed by atoms with E-state index in [2.05, 4.69) is 17.1 Å². The first-order chi connectivity index (χ1) is 5.45. The fraction of sp³-hybridized carbons (Fsp3) is 0.778. The molecule has 1 N–H and O–H groups in total. The quantitative estimate of drug-likeness (QED) is 0.588. The van der Waals surface area contributed by atoms with Gasteiger partial charge in [0.25, 0.3) is 0 Å². The number of allylic oxidation sites excluding steroid dienone is 1. The average Bonchev–Trinajstić information content (AvgIpc) is 2.52. The Balaban J connectivity index is 1.93. The Hall–Kier alpha value is 0.0500. The molecule has 0 amide bonds. The predicted molar refractivity (Wildman–Crippen MR) is 48.6 cm³/mol. The van der Waals surface area contributed by atoms with Gasteiger partial charge in [0.1, 0.15) is 0 Å². The van der Waals surface area contributed by atoms with Crippen molar-refractivity contribution in [3.63, 3.8) is 0 Å². The van der Waals surface area contributed by atoms with Crippen LogP contribution in [0.2, 0.25) is 0 Å². The molecule has 60 valence electrons. The summed E-state index contributed by atoms with van der Waals surface area (Å²) in [5, 5.41) is 3.49. The highest BCUT2D eigenvalue weighted by Crippen LogP contribution is 2.50. The van der Waals surface area contributed by atoms with Crippen LogP contribution in [0.15, 0.2) is 10.5 Å². The lowest BCUT2D eigenvalue weighted by atomic mass is 9.99. The monoisotopic (exact) mass is 167 g/mol. The highest BCUT2D eigenvalue weighted by molar-refractivity contribution is 8.03. The van der Waals surface area contributed by atoms with Crippen LogP contribution >= 0.6 is 11.8 Å². The maximum absolute atomic E-state index is 3.49. The van der Waals surface area contributed by atoms with E-state index in [1.165, 1.54) is 31.7 Å². The fourth-order valence-electron chi connectivity index (χ4n) is 2.65. The normalized spacial score (nSPS) is 41.5. The minimum absolute atomic E-state index is 0.928. The predicted octanol–water partition coefficient (Wildman–Crippen LogP) is 1.62. The van der Waals surface area contributed by atoms with Gasteiger partial charge in [-0.15, -0.1) is 11.8 Å². The second-order valence-electron chi connectivity index (χ2n) is 3.80. The van der Waals surface area contributed by atoms with Crippen molar-refractivity contribution in [3.8, 4) is 0 Å². The molecule has 2 unspecified atom stereocenters. The Morgan fingerprint density at radius 3 is 3.36 bits per heavy atom. The summed E-state index contributed by atoms with van der Waals surface area (Å²) in [5.41, 5.74) is 1.81. The third kappa shape index (κ3) is 0.828. The van der Waals surface area contributed by atoms with E-state index in [0.717, 1.165) is 11.8 Å². The summed E-state index contributed by atoms with van der Waals surface area (Å²) >= 11 is 2.13. The first-order valence-corrected chi connectivity index (χ1v) is 5.49. The number of fused-ring (bicyclic) bond motifs is 2. The van der Waals surface area contributed by atoms with E-state index in [1.54, 1.807) is 4.91 Å². The van der Waals surface area contributed by atoms with Crippen molar-refractivity contribution in [2.45, 2.75) is 12.8 Å². The molecule has 2 heterocycles. The lowest BCUT2D eigenvalue weighted by Gasteiger charge is -2.10. The van der Waals surface area contributed by atoms with Gasteiger partial charge in [0, 0.05) is 18.2 Å². The van der Waals surface area contributed by atoms with Crippen molar-refractivity contribution in [2.75, 3.05) is 18.8 Å². The number of rotatable bonds is 0. The number of hydrogen-bond donors (Lipinski definition) is 1. The summed E-state index contributed by atoms with van der Waals surface area (Å²) in [6, 6.07) is 0. The molecule has 2 aliphatic heterocycles. The zero-order chi connectivity index (χ0) is 7.26. The topological polar surface area (TPSA) is 12.0 Å². The first kappa shape index (κ1) is 6.55. The van der Waals surface area contributed by atoms with E-state index in [4.69, 9.17) is 0 Å². The standard InChI is InChI=1S/C9H13NS/c1-2-11-9-6(1)3-7-4-10-5-8(7)9/h7-8,10H,1-5H2. The third-order valence-electron chi connectivity index (χ3n) is 3.20. The van der Waals surface area contributed by atoms with Crippen LogP contribution in [0.1, 0.15) is 12.8 Å². The first-order valence-electron chi connectivity index (χ1n) is 4.50. The van der Waals surface area contributed by atoms with E-state index in [1.807, 2.05) is 5.57 Å². The van der Waals surface area contributed by atoms with Crippen LogP contribution in [0.4, 0.5) is 0 Å². The second-order valence-corrected chi connectivity index (χ2v) is 4.93. The van der Waals surface area contributed by atoms with Crippen LogP contribution in [0.5, 0.6) is 0 Å². The molecule has 1 saturated heterocycles. The molecule has 2 heteroatoms. The average molecular weight is 167 g/mol. The second kappa shape index (κ2) is 2.27. The molecule has 1 fully saturated rings. The van der Waals surface area contributed by atoms with Crippen molar-refractivity contribution in [3.05, 3.63) is 10.5 Å². The van der Waals surface area contributed by atoms with E-state index >= 15 is 0 Å². The Morgan fingerprint density at radius 1 is 1.36 bits per heavy atom. The van der Waals surface area contributed by atoms with Crippen molar-refractivity contribution >= 4 is 11.8 Å². The van der Waals surface area contributed by atoms with E-state index in [-0.39, 0.29) is 0 Å². The maximum Gasteiger partial charge on any atom is 0.00663 e. The summed E-state index contributed by atoms with van der Waals surface area (Å²) in [5.74, 6) is 3.28. The van der Waals surface area contributed by atoms with E-state index < -0.39 is 0 Å². The molecule has 0 aromatic carbocycles. The van der Waals surface area contributed by atoms with Gasteiger partial charge < -0.3 is 5.32 Å². The van der Waals surface area contributed by atoms with Gasteiger partial charge in [-0.3, -0.25) is 0 Å². The van der Waals surface area contributed by atoms with Crippen LogP contribution < -0.4 is 5.32 Å². The van der Waals surface area contributed by atoms with Gasteiger partial charge in [-0.2, -0.15) is 0 Å². The van der Waals surface area contributed by atoms with Gasteiger partial charge in [-0.1, -0.05) is 5.57 Å². The molecule has 0 spiro atoms. The molecule has 0 aromatic heterocycles. The number of nitrogens with one attached hydrogen (secondary N) is 1. The third-order valence-corrected chi connectivity index (χ3v) is 4.51. The lowest BCUT2D eigenvalue weighted by Crippen LogP contribution is -2.09. The van der Waals surface area contributed by atoms with Crippen LogP contribution in [-0.4, -0.2) is 18.8 Å². The van der Waals surface area contributed by atoms with Crippen molar-refractivity contribution in [2.24, 2.45) is 11.8 Å². The molecule has 3 aliphatic rings. The molecule has 3 rings (SSSR count). The molecule has 1 aliphatic carbocycles. The van der Waals surface area contributed by atoms with Crippen LogP contribution in [0.25, 0.3) is 0 Å². The summed E-state index contributed by atoms with van der Waals surface area (Å²) in [6.45, 7) is 2.54. The summed E-state index contributed by atoms with van der Waals surface area (Å²) in [4.78, 5) is 1.78. The van der Waals surface area contributed by atoms with E-state index in [0.29, 0.717) is 0 Å². The fourth-order valence-corrected chi connectivity index (χ4v) is 4.10. The summed E-state index contributed by atoms with van der Waals surface area (Å²) in [7, 11) is 0. The van der Waals surface area contributed by atoms with Crippen LogP contribution in [0, 0.1) is 11.8 Å². The summed E-state index contributed by atoms with van der Waals surface area (Å²) in [6.07, 6.45) is 2.81. The minimum atomic E-state index is 0.928. The maximum atomic E-state index is 3.49. The Morgan fingerprint density at radius 2 is 2.36 bits per heavy atom. The van der Waals surface area contributed by atoms with Gasteiger partial charge >= 0.3 is 0 Å². The van der Waals surface area contributed by atoms with Crippen molar-refractivity contribution < 1.29 is 0 Å². The number of hydrogen-bond acceptors (Lipinski definition) is 2. The lowest BCUT2D eigenvalue weighted by molar-refractivity contribution is 0.522. The van der Waals surface area contributed by atoms with Crippen LogP contribution in [0.3, 0.4) is 0 Å². The van der Waals surface area contributed by atoms with Crippen molar-refractivity contribution in [1.29, 1.82) is 0 Å². The van der Waals surface area contributed by atoms with Gasteiger partial charge in [-0.25, -0.2) is 0 Å². The largest absolute Gasteiger partial charge is 0.316 e. The molecular formula is C9H13NS. The van der Waals surface area contributed by atoms with Crippen molar-refractivity contribution in [1.82, 2.24) is 5.32 Å². The smallest absolute Gasteiger partial charge is 0.00663 e. The Labute approximate surface area is 71.6 Å². The number of thioether (sulfide) groups is 1. The molecule has 0 radical (unpaired) electrons. The molecule has 11 heavy (non-hydrogen) atoms. The molecule has 0 aromatic rings. The molecule has 2 atom stereocenters. The zero-order valence-corrected chi connectivity index (χ0v) is 7.41. The van der Waals surface area contributed by atoms with Gasteiger partial charge in [0.15, 0.2) is 0 Å². The van der Waals surface area contributed by atoms with Gasteiger partial charge in [0.2, 0.25) is 0 Å². The summed E-state index contributed by atoms with van der Waals surface area (Å²) < 4.78 is 0. The Bertz CT molecular complexity index is 222. The SMILES string of the molecule is C1CC2=C(S1)C1CNCC1C2. The molecular weight excluding hydrogens is 154 g/mol. The Kier molecular flexibility index (Phi) is 1.35. The highest BCUT2D eigenvalue weighted by atomic mass is 32.2. The highest BCUT2D eigenvalue weighted by Gasteiger charge is 2.39. The molecule has 1 nitrogen and oxygen atoms in total. The molecule has 0 bridgehead atoms. The van der Waals surface area contributed by atoms with E-state index in [9.17, 15) is 0 Å². The van der Waals surface area contributed by atoms with Gasteiger partial charge in [-0.05, 0) is 30.2 Å². The van der Waals surface area contributed by atoms with Crippen LogP contribution in [-0.2, 0) is 0 Å².